The first kappa shape index (κ1) is 19.8. The number of primary amides is 1. The molecule has 4 N–H and O–H groups in total. The highest BCUT2D eigenvalue weighted by Gasteiger charge is 2.24. The van der Waals surface area contributed by atoms with Crippen LogP contribution in [0.15, 0.2) is 24.3 Å². The molecule has 0 heterocycles. The first-order valence-electron chi connectivity index (χ1n) is 7.50. The molecule has 4 amide bonds. The van der Waals surface area contributed by atoms with Crippen molar-refractivity contribution in [3.63, 3.8) is 0 Å². The van der Waals surface area contributed by atoms with Crippen LogP contribution in [0, 0.1) is 6.92 Å². The first-order chi connectivity index (χ1) is 11.3. The summed E-state index contributed by atoms with van der Waals surface area (Å²) >= 11 is 1.56. The molecule has 0 aliphatic rings. The van der Waals surface area contributed by atoms with Crippen molar-refractivity contribution in [3.05, 3.63) is 29.8 Å². The summed E-state index contributed by atoms with van der Waals surface area (Å²) in [6.45, 7) is 1.85. The standard InChI is InChI=1S/C16H24N4O3S/c1-11-4-6-12(7-5-11)18-14(21)10-20(2)15(22)13(8-9-24-3)19-16(17)23/h4-7,13H,8-10H2,1-3H3,(H,18,21)(H3,17,19,23)/t13-/m0/s1. The van der Waals surface area contributed by atoms with E-state index in [0.29, 0.717) is 17.9 Å². The third-order valence-corrected chi connectivity index (χ3v) is 3.96. The summed E-state index contributed by atoms with van der Waals surface area (Å²) in [5.41, 5.74) is 6.87. The summed E-state index contributed by atoms with van der Waals surface area (Å²) in [6, 6.07) is 5.88. The number of carbonyl (C=O) groups is 3. The van der Waals surface area contributed by atoms with E-state index in [1.54, 1.807) is 23.9 Å². The van der Waals surface area contributed by atoms with Crippen LogP contribution in [0.4, 0.5) is 10.5 Å². The number of rotatable bonds is 8. The predicted octanol–water partition coefficient (Wildman–Crippen LogP) is 1.18. The largest absolute Gasteiger partial charge is 0.352 e. The number of anilines is 1. The van der Waals surface area contributed by atoms with E-state index in [0.717, 1.165) is 5.56 Å². The quantitative estimate of drug-likeness (QED) is 0.653. The summed E-state index contributed by atoms with van der Waals surface area (Å²) in [6.07, 6.45) is 2.36. The van der Waals surface area contributed by atoms with Gasteiger partial charge in [0.2, 0.25) is 11.8 Å². The number of amides is 4. The minimum atomic E-state index is -0.757. The number of nitrogens with one attached hydrogen (secondary N) is 2. The highest BCUT2D eigenvalue weighted by atomic mass is 32.2. The van der Waals surface area contributed by atoms with Gasteiger partial charge in [-0.1, -0.05) is 17.7 Å². The van der Waals surface area contributed by atoms with Gasteiger partial charge in [-0.2, -0.15) is 11.8 Å². The Morgan fingerprint density at radius 2 is 1.88 bits per heavy atom. The number of hydrogen-bond acceptors (Lipinski definition) is 4. The van der Waals surface area contributed by atoms with E-state index < -0.39 is 12.1 Å². The fourth-order valence-electron chi connectivity index (χ4n) is 2.06. The number of thioether (sulfide) groups is 1. The van der Waals surface area contributed by atoms with Gasteiger partial charge in [0.15, 0.2) is 0 Å². The molecule has 1 aromatic rings. The van der Waals surface area contributed by atoms with Crippen molar-refractivity contribution >= 4 is 35.3 Å². The Hall–Kier alpha value is -2.22. The van der Waals surface area contributed by atoms with Crippen LogP contribution >= 0.6 is 11.8 Å². The van der Waals surface area contributed by atoms with E-state index >= 15 is 0 Å². The van der Waals surface area contributed by atoms with E-state index in [4.69, 9.17) is 5.73 Å². The van der Waals surface area contributed by atoms with Gasteiger partial charge in [-0.05, 0) is 37.5 Å². The fraction of sp³-hybridized carbons (Fsp3) is 0.438. The number of nitrogens with two attached hydrogens (primary N) is 1. The van der Waals surface area contributed by atoms with Crippen LogP contribution in [0.5, 0.6) is 0 Å². The van der Waals surface area contributed by atoms with Crippen LogP contribution in [0.3, 0.4) is 0 Å². The number of benzene rings is 1. The molecule has 1 rings (SSSR count). The summed E-state index contributed by atoms with van der Waals surface area (Å²) in [5.74, 6) is 0.0411. The highest BCUT2D eigenvalue weighted by Crippen LogP contribution is 2.09. The van der Waals surface area contributed by atoms with Gasteiger partial charge in [-0.3, -0.25) is 9.59 Å². The minimum absolute atomic E-state index is 0.108. The zero-order chi connectivity index (χ0) is 18.1. The SMILES string of the molecule is CSCC[C@H](NC(N)=O)C(=O)N(C)CC(=O)Nc1ccc(C)cc1. The molecule has 8 heteroatoms. The van der Waals surface area contributed by atoms with Crippen LogP contribution in [0.2, 0.25) is 0 Å². The normalized spacial score (nSPS) is 11.5. The summed E-state index contributed by atoms with van der Waals surface area (Å²) in [4.78, 5) is 36.8. The maximum atomic E-state index is 12.4. The molecule has 24 heavy (non-hydrogen) atoms. The average molecular weight is 352 g/mol. The van der Waals surface area contributed by atoms with Crippen molar-refractivity contribution in [2.45, 2.75) is 19.4 Å². The Labute approximate surface area is 146 Å². The maximum Gasteiger partial charge on any atom is 0.312 e. The number of carbonyl (C=O) groups excluding carboxylic acids is 3. The van der Waals surface area contributed by atoms with Crippen molar-refractivity contribution in [1.29, 1.82) is 0 Å². The van der Waals surface area contributed by atoms with Gasteiger partial charge in [-0.15, -0.1) is 0 Å². The Bertz CT molecular complexity index is 577. The molecule has 0 bridgehead atoms. The average Bonchev–Trinajstić information content (AvgIpc) is 2.52. The molecule has 0 radical (unpaired) electrons. The number of urea groups is 1. The van der Waals surface area contributed by atoms with E-state index in [1.165, 1.54) is 11.9 Å². The molecule has 0 saturated carbocycles. The fourth-order valence-corrected chi connectivity index (χ4v) is 2.53. The molecule has 0 spiro atoms. The van der Waals surface area contributed by atoms with Gasteiger partial charge < -0.3 is 21.3 Å². The lowest BCUT2D eigenvalue weighted by Crippen LogP contribution is -2.50. The summed E-state index contributed by atoms with van der Waals surface area (Å²) < 4.78 is 0. The van der Waals surface area contributed by atoms with Gasteiger partial charge >= 0.3 is 6.03 Å². The third kappa shape index (κ3) is 6.91. The monoisotopic (exact) mass is 352 g/mol. The molecule has 1 atom stereocenters. The summed E-state index contributed by atoms with van der Waals surface area (Å²) in [5, 5.41) is 5.16. The lowest BCUT2D eigenvalue weighted by atomic mass is 10.2. The van der Waals surface area contributed by atoms with Crippen LogP contribution in [0.25, 0.3) is 0 Å². The molecule has 7 nitrogen and oxygen atoms in total. The van der Waals surface area contributed by atoms with Gasteiger partial charge in [0, 0.05) is 12.7 Å². The molecule has 0 unspecified atom stereocenters. The van der Waals surface area contributed by atoms with Crippen LogP contribution in [-0.4, -0.2) is 54.4 Å². The van der Waals surface area contributed by atoms with E-state index in [2.05, 4.69) is 10.6 Å². The van der Waals surface area contributed by atoms with Crippen molar-refractivity contribution in [2.75, 3.05) is 30.9 Å². The second-order valence-electron chi connectivity index (χ2n) is 5.45. The Kier molecular flexibility index (Phi) is 8.11. The van der Waals surface area contributed by atoms with Gasteiger partial charge in [0.1, 0.15) is 6.04 Å². The van der Waals surface area contributed by atoms with Crippen molar-refractivity contribution in [3.8, 4) is 0 Å². The number of nitrogens with zero attached hydrogens (tertiary/aromatic N) is 1. The predicted molar refractivity (Wildman–Crippen MR) is 97.0 cm³/mol. The van der Waals surface area contributed by atoms with Crippen molar-refractivity contribution in [1.82, 2.24) is 10.2 Å². The van der Waals surface area contributed by atoms with E-state index in [1.807, 2.05) is 25.3 Å². The number of hydrogen-bond donors (Lipinski definition) is 3. The number of aryl methyl sites for hydroxylation is 1. The lowest BCUT2D eigenvalue weighted by molar-refractivity contribution is -0.135. The molecular formula is C16H24N4O3S. The maximum absolute atomic E-state index is 12.4. The van der Waals surface area contributed by atoms with Crippen LogP contribution in [-0.2, 0) is 9.59 Å². The van der Waals surface area contributed by atoms with Crippen LogP contribution in [0.1, 0.15) is 12.0 Å². The second-order valence-corrected chi connectivity index (χ2v) is 6.44. The van der Waals surface area contributed by atoms with E-state index in [-0.39, 0.29) is 18.4 Å². The molecule has 0 aliphatic heterocycles. The Morgan fingerprint density at radius 1 is 1.25 bits per heavy atom. The van der Waals surface area contributed by atoms with Crippen LogP contribution < -0.4 is 16.4 Å². The smallest absolute Gasteiger partial charge is 0.312 e. The Morgan fingerprint density at radius 3 is 2.42 bits per heavy atom. The third-order valence-electron chi connectivity index (χ3n) is 3.32. The van der Waals surface area contributed by atoms with Crippen molar-refractivity contribution < 1.29 is 14.4 Å². The zero-order valence-electron chi connectivity index (χ0n) is 14.2. The molecule has 0 aromatic heterocycles. The molecule has 132 valence electrons. The molecule has 0 fully saturated rings. The zero-order valence-corrected chi connectivity index (χ0v) is 15.0. The first-order valence-corrected chi connectivity index (χ1v) is 8.89. The topological polar surface area (TPSA) is 105 Å². The molecular weight excluding hydrogens is 328 g/mol. The van der Waals surface area contributed by atoms with Gasteiger partial charge in [0.05, 0.1) is 6.54 Å². The van der Waals surface area contributed by atoms with Crippen molar-refractivity contribution in [2.24, 2.45) is 5.73 Å². The molecule has 0 saturated heterocycles. The number of likely N-dealkylation sites (N-methyl/N-ethyl adjacent to an activating group) is 1. The highest BCUT2D eigenvalue weighted by molar-refractivity contribution is 7.98. The summed E-state index contributed by atoms with van der Waals surface area (Å²) in [7, 11) is 1.52. The van der Waals surface area contributed by atoms with E-state index in [9.17, 15) is 14.4 Å². The Balaban J connectivity index is 2.60. The molecule has 0 aliphatic carbocycles. The van der Waals surface area contributed by atoms with Gasteiger partial charge in [0.25, 0.3) is 0 Å². The lowest BCUT2D eigenvalue weighted by Gasteiger charge is -2.23. The second kappa shape index (κ2) is 9.82. The minimum Gasteiger partial charge on any atom is -0.352 e. The molecule has 1 aromatic carbocycles. The van der Waals surface area contributed by atoms with Gasteiger partial charge in [-0.25, -0.2) is 4.79 Å².